The van der Waals surface area contributed by atoms with Crippen molar-refractivity contribution in [1.82, 2.24) is 19.9 Å². The molecule has 0 fully saturated rings. The number of imidazole rings is 1. The smallest absolute Gasteiger partial charge is 0.251 e. The summed E-state index contributed by atoms with van der Waals surface area (Å²) in [6, 6.07) is 13.9. The van der Waals surface area contributed by atoms with Crippen LogP contribution in [0.3, 0.4) is 0 Å². The summed E-state index contributed by atoms with van der Waals surface area (Å²) in [6.07, 6.45) is 5.53. The van der Waals surface area contributed by atoms with Crippen LogP contribution in [0, 0.1) is 5.82 Å². The average molecular weight is 483 g/mol. The van der Waals surface area contributed by atoms with Gasteiger partial charge in [-0.3, -0.25) is 9.78 Å². The number of hydrogen-bond donors (Lipinski definition) is 1. The van der Waals surface area contributed by atoms with Crippen LogP contribution >= 0.6 is 23.4 Å². The van der Waals surface area contributed by atoms with E-state index in [1.54, 1.807) is 18.5 Å². The summed E-state index contributed by atoms with van der Waals surface area (Å²) in [5.74, 6) is 0.154. The monoisotopic (exact) mass is 482 g/mol. The predicted molar refractivity (Wildman–Crippen MR) is 131 cm³/mol. The van der Waals surface area contributed by atoms with E-state index in [9.17, 15) is 9.18 Å². The van der Waals surface area contributed by atoms with Crippen molar-refractivity contribution in [1.29, 1.82) is 0 Å². The molecule has 0 aliphatic carbocycles. The highest BCUT2D eigenvalue weighted by atomic mass is 35.5. The summed E-state index contributed by atoms with van der Waals surface area (Å²) < 4.78 is 15.5. The van der Waals surface area contributed by atoms with Gasteiger partial charge in [-0.15, -0.1) is 0 Å². The van der Waals surface area contributed by atoms with E-state index in [-0.39, 0.29) is 11.7 Å². The zero-order valence-electron chi connectivity index (χ0n) is 18.2. The number of halogens is 2. The van der Waals surface area contributed by atoms with E-state index in [1.165, 1.54) is 23.9 Å². The number of rotatable bonds is 9. The molecule has 4 rings (SSSR count). The molecule has 33 heavy (non-hydrogen) atoms. The summed E-state index contributed by atoms with van der Waals surface area (Å²) in [7, 11) is 0. The van der Waals surface area contributed by atoms with Gasteiger partial charge in [-0.2, -0.15) is 0 Å². The van der Waals surface area contributed by atoms with E-state index >= 15 is 0 Å². The molecule has 0 aliphatic rings. The molecule has 8 heteroatoms. The molecule has 0 spiro atoms. The summed E-state index contributed by atoms with van der Waals surface area (Å²) in [6.45, 7) is 3.36. The quantitative estimate of drug-likeness (QED) is 0.231. The van der Waals surface area contributed by atoms with Gasteiger partial charge in [-0.25, -0.2) is 9.37 Å². The second kappa shape index (κ2) is 10.8. The second-order valence-electron chi connectivity index (χ2n) is 7.68. The summed E-state index contributed by atoms with van der Waals surface area (Å²) in [4.78, 5) is 21.3. The lowest BCUT2D eigenvalue weighted by atomic mass is 10.1. The van der Waals surface area contributed by atoms with Gasteiger partial charge in [0.15, 0.2) is 5.16 Å². The van der Waals surface area contributed by atoms with E-state index in [0.717, 1.165) is 40.2 Å². The van der Waals surface area contributed by atoms with Crippen LogP contribution in [0.25, 0.3) is 11.0 Å². The number of thioether (sulfide) groups is 1. The average Bonchev–Trinajstić information content (AvgIpc) is 3.16. The van der Waals surface area contributed by atoms with Crippen LogP contribution in [0.4, 0.5) is 4.39 Å². The molecule has 0 aliphatic heterocycles. The summed E-state index contributed by atoms with van der Waals surface area (Å²) in [5, 5.41) is 4.16. The van der Waals surface area contributed by atoms with Crippen LogP contribution in [0.1, 0.15) is 41.3 Å². The maximum Gasteiger partial charge on any atom is 0.251 e. The third-order valence-electron chi connectivity index (χ3n) is 5.26. The standard InChI is InChI=1S/C25H24ClFN4OS/c1-2-3-11-29-24(32)18-6-4-17(5-7-18)15-31-23-14-28-12-10-22(23)30-25(31)33-16-19-8-9-20(27)13-21(19)26/h4-10,12-14H,2-3,11,15-16H2,1H3,(H,29,32). The van der Waals surface area contributed by atoms with Gasteiger partial charge in [0, 0.05) is 29.1 Å². The topological polar surface area (TPSA) is 59.8 Å². The van der Waals surface area contributed by atoms with Gasteiger partial charge in [0.05, 0.1) is 23.8 Å². The molecule has 0 bridgehead atoms. The number of nitrogens with one attached hydrogen (secondary N) is 1. The summed E-state index contributed by atoms with van der Waals surface area (Å²) >= 11 is 7.74. The fraction of sp³-hybridized carbons (Fsp3) is 0.240. The van der Waals surface area contributed by atoms with Gasteiger partial charge < -0.3 is 9.88 Å². The van der Waals surface area contributed by atoms with Gasteiger partial charge >= 0.3 is 0 Å². The van der Waals surface area contributed by atoms with E-state index in [1.807, 2.05) is 30.3 Å². The van der Waals surface area contributed by atoms with Crippen molar-refractivity contribution in [3.8, 4) is 0 Å². The Morgan fingerprint density at radius 2 is 2.00 bits per heavy atom. The first-order valence-electron chi connectivity index (χ1n) is 10.8. The largest absolute Gasteiger partial charge is 0.352 e. The molecule has 0 unspecified atom stereocenters. The molecule has 170 valence electrons. The Morgan fingerprint density at radius 1 is 1.18 bits per heavy atom. The van der Waals surface area contributed by atoms with Gasteiger partial charge in [-0.1, -0.05) is 54.9 Å². The Labute approximate surface area is 201 Å². The van der Waals surface area contributed by atoms with Crippen LogP contribution in [0.15, 0.2) is 66.1 Å². The Bertz CT molecular complexity index is 1260. The van der Waals surface area contributed by atoms with Crippen molar-refractivity contribution in [3.05, 3.63) is 88.5 Å². The van der Waals surface area contributed by atoms with Crippen LogP contribution in [-0.2, 0) is 12.3 Å². The number of hydrogen-bond acceptors (Lipinski definition) is 4. The van der Waals surface area contributed by atoms with Crippen molar-refractivity contribution < 1.29 is 9.18 Å². The highest BCUT2D eigenvalue weighted by Gasteiger charge is 2.14. The lowest BCUT2D eigenvalue weighted by Gasteiger charge is -2.11. The van der Waals surface area contributed by atoms with Crippen molar-refractivity contribution in [3.63, 3.8) is 0 Å². The Hall–Kier alpha value is -2.90. The Morgan fingerprint density at radius 3 is 2.76 bits per heavy atom. The fourth-order valence-electron chi connectivity index (χ4n) is 3.42. The number of pyridine rings is 1. The van der Waals surface area contributed by atoms with E-state index < -0.39 is 0 Å². The zero-order chi connectivity index (χ0) is 23.2. The van der Waals surface area contributed by atoms with Gasteiger partial charge in [0.2, 0.25) is 0 Å². The lowest BCUT2D eigenvalue weighted by Crippen LogP contribution is -2.24. The van der Waals surface area contributed by atoms with E-state index in [0.29, 0.717) is 29.4 Å². The molecule has 0 saturated carbocycles. The molecular formula is C25H24ClFN4OS. The maximum absolute atomic E-state index is 13.4. The third kappa shape index (κ3) is 5.72. The normalized spacial score (nSPS) is 11.1. The maximum atomic E-state index is 13.4. The molecule has 2 aromatic heterocycles. The van der Waals surface area contributed by atoms with E-state index in [4.69, 9.17) is 16.6 Å². The first kappa shape index (κ1) is 23.3. The lowest BCUT2D eigenvalue weighted by molar-refractivity contribution is 0.0953. The number of amides is 1. The highest BCUT2D eigenvalue weighted by molar-refractivity contribution is 7.98. The molecule has 0 saturated heterocycles. The molecule has 1 amide bonds. The number of fused-ring (bicyclic) bond motifs is 1. The predicted octanol–water partition coefficient (Wildman–Crippen LogP) is 6.09. The van der Waals surface area contributed by atoms with E-state index in [2.05, 4.69) is 21.8 Å². The van der Waals surface area contributed by atoms with Crippen molar-refractivity contribution in [2.75, 3.05) is 6.54 Å². The summed E-state index contributed by atoms with van der Waals surface area (Å²) in [5.41, 5.74) is 4.31. The molecule has 4 aromatic rings. The Kier molecular flexibility index (Phi) is 7.62. The number of nitrogens with zero attached hydrogens (tertiary/aromatic N) is 3. The van der Waals surface area contributed by atoms with Crippen LogP contribution in [-0.4, -0.2) is 27.0 Å². The molecule has 0 radical (unpaired) electrons. The number of unbranched alkanes of at least 4 members (excludes halogenated alkanes) is 1. The minimum absolute atomic E-state index is 0.0558. The molecule has 2 heterocycles. The number of benzene rings is 2. The zero-order valence-corrected chi connectivity index (χ0v) is 19.8. The van der Waals surface area contributed by atoms with Crippen molar-refractivity contribution >= 4 is 40.3 Å². The van der Waals surface area contributed by atoms with Gasteiger partial charge in [0.25, 0.3) is 5.91 Å². The molecular weight excluding hydrogens is 459 g/mol. The minimum Gasteiger partial charge on any atom is -0.352 e. The molecule has 0 atom stereocenters. The first-order valence-corrected chi connectivity index (χ1v) is 12.2. The second-order valence-corrected chi connectivity index (χ2v) is 9.03. The number of aromatic nitrogens is 3. The van der Waals surface area contributed by atoms with Crippen LogP contribution in [0.2, 0.25) is 5.02 Å². The first-order chi connectivity index (χ1) is 16.0. The van der Waals surface area contributed by atoms with Crippen molar-refractivity contribution in [2.24, 2.45) is 0 Å². The van der Waals surface area contributed by atoms with Crippen LogP contribution in [0.5, 0.6) is 0 Å². The minimum atomic E-state index is -0.352. The van der Waals surface area contributed by atoms with Crippen molar-refractivity contribution in [2.45, 2.75) is 37.2 Å². The van der Waals surface area contributed by atoms with Gasteiger partial charge in [-0.05, 0) is 47.9 Å². The number of carbonyl (C=O) groups excluding carboxylic acids is 1. The van der Waals surface area contributed by atoms with Gasteiger partial charge in [0.1, 0.15) is 5.82 Å². The fourth-order valence-corrected chi connectivity index (χ4v) is 4.75. The third-order valence-corrected chi connectivity index (χ3v) is 6.64. The SMILES string of the molecule is CCCCNC(=O)c1ccc(Cn2c(SCc3ccc(F)cc3Cl)nc3ccncc32)cc1. The molecule has 2 aromatic carbocycles. The highest BCUT2D eigenvalue weighted by Crippen LogP contribution is 2.30. The molecule has 1 N–H and O–H groups in total. The molecule has 5 nitrogen and oxygen atoms in total. The number of carbonyl (C=O) groups is 1. The van der Waals surface area contributed by atoms with Crippen LogP contribution < -0.4 is 5.32 Å². The Balaban J connectivity index is 1.54.